The number of carbonyl (C=O) groups excluding carboxylic acids is 1. The molecule has 1 aromatic carbocycles. The molecule has 3 heterocycles. The van der Waals surface area contributed by atoms with Gasteiger partial charge in [-0.25, -0.2) is 0 Å². The van der Waals surface area contributed by atoms with Crippen molar-refractivity contribution in [3.63, 3.8) is 0 Å². The molecule has 0 radical (unpaired) electrons. The molecule has 1 amide bonds. The van der Waals surface area contributed by atoms with E-state index in [0.29, 0.717) is 13.0 Å². The number of carbonyl (C=O) groups is 1. The zero-order valence-corrected chi connectivity index (χ0v) is 16.5. The van der Waals surface area contributed by atoms with E-state index >= 15 is 0 Å². The predicted molar refractivity (Wildman–Crippen MR) is 108 cm³/mol. The van der Waals surface area contributed by atoms with Gasteiger partial charge in [0.05, 0.1) is 5.69 Å². The third-order valence-electron chi connectivity index (χ3n) is 5.19. The number of amides is 1. The van der Waals surface area contributed by atoms with E-state index in [4.69, 9.17) is 0 Å². The molecule has 1 N–H and O–H groups in total. The van der Waals surface area contributed by atoms with Gasteiger partial charge in [0.1, 0.15) is 5.82 Å². The van der Waals surface area contributed by atoms with Crippen LogP contribution in [0.5, 0.6) is 0 Å². The first kappa shape index (κ1) is 18.4. The van der Waals surface area contributed by atoms with Crippen LogP contribution in [-0.2, 0) is 24.3 Å². The van der Waals surface area contributed by atoms with Crippen molar-refractivity contribution in [1.29, 1.82) is 0 Å². The van der Waals surface area contributed by atoms with Crippen molar-refractivity contribution in [2.45, 2.75) is 59.0 Å². The summed E-state index contributed by atoms with van der Waals surface area (Å²) in [5.74, 6) is 1.98. The van der Waals surface area contributed by atoms with Crippen LogP contribution in [0.4, 0.5) is 5.69 Å². The minimum Gasteiger partial charge on any atom is -0.326 e. The largest absolute Gasteiger partial charge is 0.326 e. The quantitative estimate of drug-likeness (QED) is 0.737. The Balaban J connectivity index is 1.39. The number of hydrogen-bond donors (Lipinski definition) is 1. The fourth-order valence-electron chi connectivity index (χ4n) is 3.73. The minimum atomic E-state index is -0.0170. The third-order valence-corrected chi connectivity index (χ3v) is 5.19. The number of aromatic nitrogens is 5. The molecule has 0 bridgehead atoms. The highest BCUT2D eigenvalue weighted by Gasteiger charge is 2.16. The maximum Gasteiger partial charge on any atom is 0.226 e. The van der Waals surface area contributed by atoms with Crippen LogP contribution in [0, 0.1) is 13.8 Å². The number of rotatable bonds is 5. The van der Waals surface area contributed by atoms with Crippen LogP contribution in [0.3, 0.4) is 0 Å². The molecule has 7 nitrogen and oxygen atoms in total. The molecule has 0 spiro atoms. The summed E-state index contributed by atoms with van der Waals surface area (Å²) in [7, 11) is 0. The van der Waals surface area contributed by atoms with E-state index in [1.807, 2.05) is 48.9 Å². The molecule has 1 aliphatic heterocycles. The van der Waals surface area contributed by atoms with Gasteiger partial charge in [0.15, 0.2) is 5.82 Å². The van der Waals surface area contributed by atoms with E-state index in [9.17, 15) is 4.79 Å². The lowest BCUT2D eigenvalue weighted by Crippen LogP contribution is -2.15. The highest BCUT2D eigenvalue weighted by Crippen LogP contribution is 2.24. The minimum absolute atomic E-state index is 0.0170. The Bertz CT molecular complexity index is 969. The van der Waals surface area contributed by atoms with Crippen LogP contribution in [0.25, 0.3) is 11.4 Å². The van der Waals surface area contributed by atoms with Crippen LogP contribution in [0.1, 0.15) is 42.9 Å². The molecule has 0 unspecified atom stereocenters. The summed E-state index contributed by atoms with van der Waals surface area (Å²) >= 11 is 0. The SMILES string of the molecule is Cc1cc(C)n(CCC(=O)Nc2ccc(-c3nnc4n3CCCCC4)cc2)n1. The highest BCUT2D eigenvalue weighted by molar-refractivity contribution is 5.90. The van der Waals surface area contributed by atoms with E-state index in [-0.39, 0.29) is 5.91 Å². The Labute approximate surface area is 164 Å². The third kappa shape index (κ3) is 3.98. The van der Waals surface area contributed by atoms with Gasteiger partial charge in [0.2, 0.25) is 5.91 Å². The lowest BCUT2D eigenvalue weighted by atomic mass is 10.2. The maximum absolute atomic E-state index is 12.3. The fraction of sp³-hybridized carbons (Fsp3) is 0.429. The smallest absolute Gasteiger partial charge is 0.226 e. The van der Waals surface area contributed by atoms with E-state index in [0.717, 1.165) is 47.3 Å². The molecule has 2 aromatic heterocycles. The molecule has 0 atom stereocenters. The van der Waals surface area contributed by atoms with Crippen LogP contribution in [0.2, 0.25) is 0 Å². The molecular formula is C21H26N6O. The fourth-order valence-corrected chi connectivity index (χ4v) is 3.73. The standard InChI is InChI=1S/C21H26N6O/c1-15-14-16(2)27(25-15)13-11-20(28)22-18-9-7-17(8-10-18)21-24-23-19-6-4-3-5-12-26(19)21/h7-10,14H,3-6,11-13H2,1-2H3,(H,22,28). The normalized spacial score (nSPS) is 13.8. The second-order valence-corrected chi connectivity index (χ2v) is 7.43. The Morgan fingerprint density at radius 1 is 1.11 bits per heavy atom. The second kappa shape index (κ2) is 7.96. The average Bonchev–Trinajstić information content (AvgIpc) is 3.13. The van der Waals surface area contributed by atoms with Gasteiger partial charge in [-0.15, -0.1) is 10.2 Å². The van der Waals surface area contributed by atoms with Gasteiger partial charge in [-0.05, 0) is 57.0 Å². The number of fused-ring (bicyclic) bond motifs is 1. The van der Waals surface area contributed by atoms with Gasteiger partial charge in [0.25, 0.3) is 0 Å². The van der Waals surface area contributed by atoms with Crippen LogP contribution in [0.15, 0.2) is 30.3 Å². The van der Waals surface area contributed by atoms with E-state index in [1.54, 1.807) is 0 Å². The number of benzene rings is 1. The molecule has 28 heavy (non-hydrogen) atoms. The molecular weight excluding hydrogens is 352 g/mol. The number of anilines is 1. The van der Waals surface area contributed by atoms with Crippen molar-refractivity contribution in [2.75, 3.05) is 5.32 Å². The predicted octanol–water partition coefficient (Wildman–Crippen LogP) is 3.51. The first-order valence-electron chi connectivity index (χ1n) is 9.93. The molecule has 0 saturated heterocycles. The van der Waals surface area contributed by atoms with Crippen LogP contribution >= 0.6 is 0 Å². The topological polar surface area (TPSA) is 77.6 Å². The van der Waals surface area contributed by atoms with Crippen molar-refractivity contribution >= 4 is 11.6 Å². The zero-order valence-electron chi connectivity index (χ0n) is 16.5. The van der Waals surface area contributed by atoms with Crippen LogP contribution < -0.4 is 5.32 Å². The van der Waals surface area contributed by atoms with Crippen molar-refractivity contribution in [2.24, 2.45) is 0 Å². The molecule has 0 saturated carbocycles. The maximum atomic E-state index is 12.3. The molecule has 7 heteroatoms. The van der Waals surface area contributed by atoms with Crippen molar-refractivity contribution in [1.82, 2.24) is 24.5 Å². The summed E-state index contributed by atoms with van der Waals surface area (Å²) in [6.45, 7) is 5.51. The highest BCUT2D eigenvalue weighted by atomic mass is 16.1. The Morgan fingerprint density at radius 3 is 2.68 bits per heavy atom. The molecule has 0 fully saturated rings. The number of nitrogens with zero attached hydrogens (tertiary/aromatic N) is 5. The Hall–Kier alpha value is -2.96. The summed E-state index contributed by atoms with van der Waals surface area (Å²) in [5.41, 5.74) is 3.86. The molecule has 1 aliphatic rings. The molecule has 3 aromatic rings. The van der Waals surface area contributed by atoms with Gasteiger partial charge in [-0.2, -0.15) is 5.10 Å². The summed E-state index contributed by atoms with van der Waals surface area (Å²) < 4.78 is 4.10. The van der Waals surface area contributed by atoms with Gasteiger partial charge in [-0.1, -0.05) is 6.42 Å². The Morgan fingerprint density at radius 2 is 1.93 bits per heavy atom. The van der Waals surface area contributed by atoms with Gasteiger partial charge in [0, 0.05) is 42.9 Å². The van der Waals surface area contributed by atoms with E-state index in [1.165, 1.54) is 19.3 Å². The summed E-state index contributed by atoms with van der Waals surface area (Å²) in [4.78, 5) is 12.3. The monoisotopic (exact) mass is 378 g/mol. The average molecular weight is 378 g/mol. The van der Waals surface area contributed by atoms with Gasteiger partial charge < -0.3 is 9.88 Å². The lowest BCUT2D eigenvalue weighted by Gasteiger charge is -2.09. The summed E-state index contributed by atoms with van der Waals surface area (Å²) in [6.07, 6.45) is 4.98. The number of hydrogen-bond acceptors (Lipinski definition) is 4. The number of aryl methyl sites for hydroxylation is 4. The summed E-state index contributed by atoms with van der Waals surface area (Å²) in [6, 6.07) is 9.86. The van der Waals surface area contributed by atoms with Gasteiger partial charge in [-0.3, -0.25) is 9.48 Å². The molecule has 4 rings (SSSR count). The lowest BCUT2D eigenvalue weighted by molar-refractivity contribution is -0.116. The van der Waals surface area contributed by atoms with Gasteiger partial charge >= 0.3 is 0 Å². The van der Waals surface area contributed by atoms with Crippen LogP contribution in [-0.4, -0.2) is 30.5 Å². The van der Waals surface area contributed by atoms with Crippen molar-refractivity contribution in [3.05, 3.63) is 47.5 Å². The van der Waals surface area contributed by atoms with E-state index < -0.39 is 0 Å². The van der Waals surface area contributed by atoms with E-state index in [2.05, 4.69) is 25.2 Å². The zero-order chi connectivity index (χ0) is 19.5. The first-order chi connectivity index (χ1) is 13.6. The van der Waals surface area contributed by atoms with Crippen molar-refractivity contribution in [3.8, 4) is 11.4 Å². The van der Waals surface area contributed by atoms with Crippen molar-refractivity contribution < 1.29 is 4.79 Å². The molecule has 0 aliphatic carbocycles. The Kier molecular flexibility index (Phi) is 5.23. The number of nitrogens with one attached hydrogen (secondary N) is 1. The molecule has 146 valence electrons. The second-order valence-electron chi connectivity index (χ2n) is 7.43. The summed E-state index contributed by atoms with van der Waals surface area (Å²) in [5, 5.41) is 16.1. The first-order valence-corrected chi connectivity index (χ1v) is 9.93.